The Morgan fingerprint density at radius 1 is 0.643 bits per heavy atom. The van der Waals surface area contributed by atoms with Crippen LogP contribution in [0.2, 0.25) is 0 Å². The van der Waals surface area contributed by atoms with Gasteiger partial charge in [0.25, 0.3) is 0 Å². The number of alkyl halides is 7. The zero-order chi connectivity index (χ0) is 12.0. The van der Waals surface area contributed by atoms with Crippen molar-refractivity contribution in [1.29, 1.82) is 0 Å². The first-order valence-corrected chi connectivity index (χ1v) is 18.4. The van der Waals surface area contributed by atoms with Gasteiger partial charge in [-0.15, -0.1) is 0 Å². The fourth-order valence-electron chi connectivity index (χ4n) is 0.482. The molecule has 0 nitrogen and oxygen atoms in total. The van der Waals surface area contributed by atoms with Gasteiger partial charge >= 0.3 is 97.3 Å². The van der Waals surface area contributed by atoms with Crippen LogP contribution in [0.4, 0.5) is 30.7 Å². The van der Waals surface area contributed by atoms with Crippen molar-refractivity contribution in [2.24, 2.45) is 0 Å². The van der Waals surface area contributed by atoms with Crippen LogP contribution in [0.15, 0.2) is 0 Å². The fraction of sp³-hybridized carbons (Fsp3) is 1.00. The molecule has 0 heterocycles. The number of halogens is 10. The topological polar surface area (TPSA) is 0 Å². The average Bonchev–Trinajstić information content (AvgIpc) is 1.77. The van der Waals surface area contributed by atoms with Crippen molar-refractivity contribution in [3.63, 3.8) is 0 Å². The van der Waals surface area contributed by atoms with E-state index in [0.717, 1.165) is 0 Å². The molecule has 0 fully saturated rings. The molecule has 0 aromatic heterocycles. The predicted molar refractivity (Wildman–Crippen MR) is 48.5 cm³/mol. The molecule has 14 heavy (non-hydrogen) atoms. The summed E-state index contributed by atoms with van der Waals surface area (Å²) in [5, 5.41) is 0. The SMILES string of the molecule is FC(F)(F)[C](F)(C(F)(F)F)[Ge]([Br])([Br])[Br]. The van der Waals surface area contributed by atoms with Crippen LogP contribution >= 0.6 is 42.0 Å². The molecule has 0 atom stereocenters. The molecular weight excluding hydrogens is 481 g/mol. The number of hydrogen-bond acceptors (Lipinski definition) is 0. The molecule has 0 unspecified atom stereocenters. The van der Waals surface area contributed by atoms with Crippen molar-refractivity contribution < 1.29 is 30.7 Å². The summed E-state index contributed by atoms with van der Waals surface area (Å²) in [6, 6.07) is 0. The van der Waals surface area contributed by atoms with Gasteiger partial charge in [0, 0.05) is 0 Å². The Bertz CT molecular complexity index is 178. The van der Waals surface area contributed by atoms with E-state index < -0.39 is 24.6 Å². The monoisotopic (exact) mass is 480 g/mol. The third kappa shape index (κ3) is 2.59. The second kappa shape index (κ2) is 4.06. The van der Waals surface area contributed by atoms with E-state index in [0.29, 0.717) is 0 Å². The Morgan fingerprint density at radius 3 is 0.857 bits per heavy atom. The van der Waals surface area contributed by atoms with Gasteiger partial charge in [0.1, 0.15) is 0 Å². The van der Waals surface area contributed by atoms with Crippen molar-refractivity contribution in [3.8, 4) is 0 Å². The summed E-state index contributed by atoms with van der Waals surface area (Å²) in [5.41, 5.74) is 0. The van der Waals surface area contributed by atoms with Crippen molar-refractivity contribution in [3.05, 3.63) is 0 Å². The molecule has 0 saturated carbocycles. The van der Waals surface area contributed by atoms with Crippen molar-refractivity contribution in [2.75, 3.05) is 0 Å². The minimum absolute atomic E-state index is 2.08. The van der Waals surface area contributed by atoms with Gasteiger partial charge in [0.2, 0.25) is 0 Å². The van der Waals surface area contributed by atoms with Gasteiger partial charge in [-0.3, -0.25) is 0 Å². The molecule has 0 aliphatic heterocycles. The van der Waals surface area contributed by atoms with Gasteiger partial charge in [0.15, 0.2) is 0 Å². The average molecular weight is 481 g/mol. The Morgan fingerprint density at radius 2 is 0.857 bits per heavy atom. The van der Waals surface area contributed by atoms with Crippen LogP contribution in [-0.4, -0.2) is 24.6 Å². The summed E-state index contributed by atoms with van der Waals surface area (Å²) >= 11 is 6.24. The van der Waals surface area contributed by atoms with Crippen molar-refractivity contribution in [1.82, 2.24) is 0 Å². The van der Waals surface area contributed by atoms with Gasteiger partial charge in [-0.2, -0.15) is 0 Å². The molecule has 0 rings (SSSR count). The summed E-state index contributed by atoms with van der Waals surface area (Å²) < 4.78 is 79.5. The van der Waals surface area contributed by atoms with Crippen LogP contribution in [0.25, 0.3) is 0 Å². The van der Waals surface area contributed by atoms with Crippen LogP contribution in [0.5, 0.6) is 0 Å². The van der Waals surface area contributed by atoms with Gasteiger partial charge in [-0.25, -0.2) is 0 Å². The summed E-state index contributed by atoms with van der Waals surface area (Å²) in [6.45, 7) is 0. The predicted octanol–water partition coefficient (Wildman–Crippen LogP) is 4.48. The van der Waals surface area contributed by atoms with E-state index in [1.807, 2.05) is 0 Å². The zero-order valence-corrected chi connectivity index (χ0v) is 12.6. The zero-order valence-electron chi connectivity index (χ0n) is 5.78. The standard InChI is InChI=1S/C3Br3F7Ge/c4-14(5,6)1(7,2(8,9)10)3(11,12)13. The molecular formula is C3Br3F7Ge. The normalized spacial score (nSPS) is 15.9. The van der Waals surface area contributed by atoms with Gasteiger partial charge in [-0.05, 0) is 0 Å². The molecule has 0 aromatic rings. The van der Waals surface area contributed by atoms with Crippen LogP contribution in [0.1, 0.15) is 0 Å². The summed E-state index contributed by atoms with van der Waals surface area (Å²) in [7, 11) is -5.19. The van der Waals surface area contributed by atoms with Crippen LogP contribution < -0.4 is 0 Å². The first kappa shape index (κ1) is 15.5. The van der Waals surface area contributed by atoms with Crippen LogP contribution in [-0.2, 0) is 0 Å². The molecule has 0 bridgehead atoms. The van der Waals surface area contributed by atoms with Gasteiger partial charge in [0.05, 0.1) is 0 Å². The maximum atomic E-state index is 13.0. The molecule has 0 radical (unpaired) electrons. The Labute approximate surface area is 96.8 Å². The van der Waals surface area contributed by atoms with E-state index in [4.69, 9.17) is 0 Å². The molecule has 0 N–H and O–H groups in total. The third-order valence-electron chi connectivity index (χ3n) is 1.17. The van der Waals surface area contributed by atoms with Gasteiger partial charge in [-0.1, -0.05) is 0 Å². The minimum atomic E-state index is -6.03. The number of rotatable bonds is 1. The first-order valence-electron chi connectivity index (χ1n) is 2.64. The van der Waals surface area contributed by atoms with E-state index in [9.17, 15) is 30.7 Å². The van der Waals surface area contributed by atoms with Crippen molar-refractivity contribution in [2.45, 2.75) is 16.9 Å². The third-order valence-corrected chi connectivity index (χ3v) is 12.5. The Balaban J connectivity index is 5.54. The molecule has 11 heteroatoms. The molecule has 0 aromatic carbocycles. The fourth-order valence-corrected chi connectivity index (χ4v) is 8.84. The van der Waals surface area contributed by atoms with Crippen LogP contribution in [0.3, 0.4) is 0 Å². The van der Waals surface area contributed by atoms with E-state index >= 15 is 0 Å². The Kier molecular flexibility index (Phi) is 4.49. The summed E-state index contributed by atoms with van der Waals surface area (Å²) in [4.78, 5) is 0. The van der Waals surface area contributed by atoms with E-state index in [-0.39, 0.29) is 0 Å². The molecule has 0 spiro atoms. The molecule has 0 amide bonds. The maximum absolute atomic E-state index is 13.0. The van der Waals surface area contributed by atoms with E-state index in [1.165, 1.54) is 0 Å². The molecule has 86 valence electrons. The quantitative estimate of drug-likeness (QED) is 0.383. The van der Waals surface area contributed by atoms with E-state index in [1.54, 1.807) is 0 Å². The number of hydrogen-bond donors (Lipinski definition) is 0. The van der Waals surface area contributed by atoms with E-state index in [2.05, 4.69) is 42.0 Å². The summed E-state index contributed by atoms with van der Waals surface area (Å²) in [6.07, 6.45) is -12.1. The van der Waals surface area contributed by atoms with Crippen LogP contribution in [0, 0.1) is 0 Å². The second-order valence-corrected chi connectivity index (χ2v) is 40.8. The molecule has 0 aliphatic carbocycles. The Hall–Kier alpha value is 1.49. The summed E-state index contributed by atoms with van der Waals surface area (Å²) in [5.74, 6) is 0. The second-order valence-electron chi connectivity index (χ2n) is 2.15. The molecule has 0 aliphatic rings. The molecule has 0 saturated heterocycles. The first-order chi connectivity index (χ1) is 5.75. The van der Waals surface area contributed by atoms with Crippen molar-refractivity contribution >= 4 is 49.8 Å². The van der Waals surface area contributed by atoms with Gasteiger partial charge < -0.3 is 0 Å².